The predicted octanol–water partition coefficient (Wildman–Crippen LogP) is 6.55. The van der Waals surface area contributed by atoms with Crippen molar-refractivity contribution in [2.24, 2.45) is 35.5 Å². The summed E-state index contributed by atoms with van der Waals surface area (Å²) in [5, 5.41) is 0. The first-order valence-electron chi connectivity index (χ1n) is 8.93. The maximum atomic E-state index is 2.47. The van der Waals surface area contributed by atoms with Gasteiger partial charge in [-0.3, -0.25) is 0 Å². The number of rotatable bonds is 10. The Kier molecular flexibility index (Phi) is 7.47. The number of hydrogen-bond acceptors (Lipinski definition) is 0. The maximum Gasteiger partial charge on any atom is -0.0386 e. The second-order valence-electron chi connectivity index (χ2n) is 7.99. The van der Waals surface area contributed by atoms with Gasteiger partial charge < -0.3 is 0 Å². The van der Waals surface area contributed by atoms with Gasteiger partial charge in [-0.05, 0) is 54.8 Å². The summed E-state index contributed by atoms with van der Waals surface area (Å²) in [5.41, 5.74) is 0. The Labute approximate surface area is 122 Å². The smallest absolute Gasteiger partial charge is 0.0386 e. The molecule has 0 heterocycles. The molecular formula is C19H38. The lowest BCUT2D eigenvalue weighted by molar-refractivity contribution is 0.276. The van der Waals surface area contributed by atoms with Crippen LogP contribution in [0.4, 0.5) is 0 Å². The topological polar surface area (TPSA) is 0 Å². The van der Waals surface area contributed by atoms with Gasteiger partial charge in [0.2, 0.25) is 0 Å². The van der Waals surface area contributed by atoms with Crippen molar-refractivity contribution in [2.75, 3.05) is 0 Å². The second-order valence-corrected chi connectivity index (χ2v) is 7.99. The molecule has 0 spiro atoms. The van der Waals surface area contributed by atoms with Crippen LogP contribution in [0.15, 0.2) is 0 Å². The quantitative estimate of drug-likeness (QED) is 0.421. The standard InChI is InChI=1S/C19H38/c1-7-18(10-11-19-13-17(19)6)9-8-15(4)16(5)12-14(2)3/h14-19H,7-13H2,1-6H3. The van der Waals surface area contributed by atoms with E-state index in [0.29, 0.717) is 0 Å². The zero-order valence-corrected chi connectivity index (χ0v) is 14.4. The van der Waals surface area contributed by atoms with E-state index in [9.17, 15) is 0 Å². The monoisotopic (exact) mass is 266 g/mol. The molecule has 19 heavy (non-hydrogen) atoms. The largest absolute Gasteiger partial charge is 0.0651 e. The van der Waals surface area contributed by atoms with Crippen LogP contribution in [0.25, 0.3) is 0 Å². The minimum absolute atomic E-state index is 0.857. The zero-order valence-electron chi connectivity index (χ0n) is 14.4. The molecule has 0 bridgehead atoms. The highest BCUT2D eigenvalue weighted by Crippen LogP contribution is 2.42. The van der Waals surface area contributed by atoms with Crippen LogP contribution in [0.3, 0.4) is 0 Å². The van der Waals surface area contributed by atoms with Crippen LogP contribution >= 0.6 is 0 Å². The summed E-state index contributed by atoms with van der Waals surface area (Å²) in [6, 6.07) is 0. The van der Waals surface area contributed by atoms with Gasteiger partial charge in [0.1, 0.15) is 0 Å². The normalized spacial score (nSPS) is 27.3. The Bertz CT molecular complexity index is 230. The zero-order chi connectivity index (χ0) is 14.4. The molecular weight excluding hydrogens is 228 g/mol. The summed E-state index contributed by atoms with van der Waals surface area (Å²) in [4.78, 5) is 0. The van der Waals surface area contributed by atoms with Crippen LogP contribution in [-0.4, -0.2) is 0 Å². The highest BCUT2D eigenvalue weighted by Gasteiger charge is 2.32. The van der Waals surface area contributed by atoms with Crippen LogP contribution in [0.5, 0.6) is 0 Å². The molecule has 1 fully saturated rings. The minimum atomic E-state index is 0.857. The van der Waals surface area contributed by atoms with Gasteiger partial charge in [0.05, 0.1) is 0 Å². The lowest BCUT2D eigenvalue weighted by Gasteiger charge is -2.24. The molecule has 114 valence electrons. The average Bonchev–Trinajstić information content (AvgIpc) is 3.04. The van der Waals surface area contributed by atoms with Crippen molar-refractivity contribution in [3.05, 3.63) is 0 Å². The van der Waals surface area contributed by atoms with Gasteiger partial charge in [-0.2, -0.15) is 0 Å². The van der Waals surface area contributed by atoms with Crippen molar-refractivity contribution in [3.63, 3.8) is 0 Å². The van der Waals surface area contributed by atoms with E-state index in [2.05, 4.69) is 41.5 Å². The second kappa shape index (κ2) is 8.32. The Morgan fingerprint density at radius 3 is 2.05 bits per heavy atom. The summed E-state index contributed by atoms with van der Waals surface area (Å²) in [6.45, 7) is 14.5. The molecule has 0 radical (unpaired) electrons. The Morgan fingerprint density at radius 2 is 1.58 bits per heavy atom. The van der Waals surface area contributed by atoms with Crippen LogP contribution in [0.1, 0.15) is 86.5 Å². The van der Waals surface area contributed by atoms with Gasteiger partial charge >= 0.3 is 0 Å². The molecule has 1 rings (SSSR count). The fourth-order valence-corrected chi connectivity index (χ4v) is 3.56. The molecule has 5 atom stereocenters. The highest BCUT2D eigenvalue weighted by atomic mass is 14.4. The summed E-state index contributed by atoms with van der Waals surface area (Å²) >= 11 is 0. The molecule has 0 aromatic rings. The predicted molar refractivity (Wildman–Crippen MR) is 87.3 cm³/mol. The first kappa shape index (κ1) is 17.1. The lowest BCUT2D eigenvalue weighted by Crippen LogP contribution is -2.12. The summed E-state index contributed by atoms with van der Waals surface area (Å²) < 4.78 is 0. The molecule has 0 nitrogen and oxygen atoms in total. The first-order chi connectivity index (χ1) is 8.93. The van der Waals surface area contributed by atoms with Crippen LogP contribution in [-0.2, 0) is 0 Å². The lowest BCUT2D eigenvalue weighted by atomic mass is 9.82. The average molecular weight is 267 g/mol. The molecule has 1 saturated carbocycles. The van der Waals surface area contributed by atoms with E-state index >= 15 is 0 Å². The molecule has 0 saturated heterocycles. The molecule has 0 heteroatoms. The van der Waals surface area contributed by atoms with E-state index in [0.717, 1.165) is 35.5 Å². The van der Waals surface area contributed by atoms with Crippen molar-refractivity contribution in [3.8, 4) is 0 Å². The summed E-state index contributed by atoms with van der Waals surface area (Å²) in [6.07, 6.45) is 10.2. The van der Waals surface area contributed by atoms with Gasteiger partial charge in [0.15, 0.2) is 0 Å². The van der Waals surface area contributed by atoms with Crippen molar-refractivity contribution >= 4 is 0 Å². The van der Waals surface area contributed by atoms with Crippen molar-refractivity contribution in [1.82, 2.24) is 0 Å². The van der Waals surface area contributed by atoms with Gasteiger partial charge in [-0.15, -0.1) is 0 Å². The third-order valence-corrected chi connectivity index (χ3v) is 5.64. The van der Waals surface area contributed by atoms with E-state index < -0.39 is 0 Å². The summed E-state index contributed by atoms with van der Waals surface area (Å²) in [5.74, 6) is 5.81. The van der Waals surface area contributed by atoms with Crippen LogP contribution in [0.2, 0.25) is 0 Å². The minimum Gasteiger partial charge on any atom is -0.0651 e. The molecule has 0 aliphatic heterocycles. The fraction of sp³-hybridized carbons (Fsp3) is 1.00. The van der Waals surface area contributed by atoms with E-state index in [-0.39, 0.29) is 0 Å². The van der Waals surface area contributed by atoms with Crippen molar-refractivity contribution < 1.29 is 0 Å². The van der Waals surface area contributed by atoms with E-state index in [1.807, 2.05) is 0 Å². The molecule has 0 amide bonds. The van der Waals surface area contributed by atoms with E-state index in [1.54, 1.807) is 0 Å². The van der Waals surface area contributed by atoms with Crippen LogP contribution < -0.4 is 0 Å². The molecule has 5 unspecified atom stereocenters. The third kappa shape index (κ3) is 6.82. The van der Waals surface area contributed by atoms with Gasteiger partial charge in [0.25, 0.3) is 0 Å². The Morgan fingerprint density at radius 1 is 0.947 bits per heavy atom. The molecule has 1 aliphatic rings. The van der Waals surface area contributed by atoms with Crippen molar-refractivity contribution in [2.45, 2.75) is 86.5 Å². The molecule has 0 aromatic carbocycles. The third-order valence-electron chi connectivity index (χ3n) is 5.64. The molecule has 1 aliphatic carbocycles. The van der Waals surface area contributed by atoms with Crippen molar-refractivity contribution in [1.29, 1.82) is 0 Å². The highest BCUT2D eigenvalue weighted by molar-refractivity contribution is 4.82. The Balaban J connectivity index is 2.16. The molecule has 0 N–H and O–H groups in total. The maximum absolute atomic E-state index is 2.47. The van der Waals surface area contributed by atoms with Gasteiger partial charge in [-0.25, -0.2) is 0 Å². The van der Waals surface area contributed by atoms with Gasteiger partial charge in [0, 0.05) is 0 Å². The number of hydrogen-bond donors (Lipinski definition) is 0. The summed E-state index contributed by atoms with van der Waals surface area (Å²) in [7, 11) is 0. The van der Waals surface area contributed by atoms with Crippen LogP contribution in [0, 0.1) is 35.5 Å². The SMILES string of the molecule is CCC(CCC(C)C(C)CC(C)C)CCC1CC1C. The van der Waals surface area contributed by atoms with E-state index in [1.165, 1.54) is 44.9 Å². The molecule has 0 aromatic heterocycles. The fourth-order valence-electron chi connectivity index (χ4n) is 3.56. The van der Waals surface area contributed by atoms with E-state index in [4.69, 9.17) is 0 Å². The first-order valence-corrected chi connectivity index (χ1v) is 8.93. The Hall–Kier alpha value is 0. The van der Waals surface area contributed by atoms with Gasteiger partial charge in [-0.1, -0.05) is 67.2 Å².